The quantitative estimate of drug-likeness (QED) is 0.918. The molecule has 2 rings (SSSR count). The number of hydrogen-bond acceptors (Lipinski definition) is 3. The minimum Gasteiger partial charge on any atom is -0.481 e. The number of rotatable bonds is 5. The maximum atomic E-state index is 12.1. The number of nitrogens with one attached hydrogen (secondary N) is 1. The molecule has 0 saturated heterocycles. The van der Waals surface area contributed by atoms with Crippen LogP contribution >= 0.6 is 11.6 Å². The van der Waals surface area contributed by atoms with Crippen LogP contribution in [0.2, 0.25) is 5.02 Å². The fourth-order valence-electron chi connectivity index (χ4n) is 2.07. The van der Waals surface area contributed by atoms with Crippen molar-refractivity contribution in [2.75, 3.05) is 0 Å². The zero-order valence-electron chi connectivity index (χ0n) is 12.9. The van der Waals surface area contributed by atoms with Crippen LogP contribution in [0.1, 0.15) is 23.6 Å². The summed E-state index contributed by atoms with van der Waals surface area (Å²) in [5.41, 5.74) is 2.81. The van der Waals surface area contributed by atoms with E-state index in [0.717, 1.165) is 21.7 Å². The number of amides is 1. The van der Waals surface area contributed by atoms with Crippen LogP contribution in [0.3, 0.4) is 0 Å². The van der Waals surface area contributed by atoms with Gasteiger partial charge in [-0.1, -0.05) is 17.7 Å². The third-order valence-corrected chi connectivity index (χ3v) is 3.88. The summed E-state index contributed by atoms with van der Waals surface area (Å²) in [7, 11) is 0. The van der Waals surface area contributed by atoms with Crippen LogP contribution in [-0.4, -0.2) is 17.0 Å². The molecule has 1 atom stereocenters. The second-order valence-electron chi connectivity index (χ2n) is 5.21. The highest BCUT2D eigenvalue weighted by molar-refractivity contribution is 6.32. The minimum atomic E-state index is -0.586. The zero-order chi connectivity index (χ0) is 16.1. The Kier molecular flexibility index (Phi) is 5.39. The number of carbonyl (C=O) groups is 1. The summed E-state index contributed by atoms with van der Waals surface area (Å²) in [5, 5.41) is 3.55. The molecule has 2 aromatic rings. The van der Waals surface area contributed by atoms with Crippen molar-refractivity contribution in [2.24, 2.45) is 0 Å². The van der Waals surface area contributed by atoms with E-state index in [1.165, 1.54) is 0 Å². The predicted molar refractivity (Wildman–Crippen MR) is 87.1 cm³/mol. The number of halogens is 1. The van der Waals surface area contributed by atoms with Gasteiger partial charge in [0.15, 0.2) is 6.10 Å². The van der Waals surface area contributed by atoms with Gasteiger partial charge in [0.1, 0.15) is 5.75 Å². The summed E-state index contributed by atoms with van der Waals surface area (Å²) in [5.74, 6) is 0.470. The van der Waals surface area contributed by atoms with E-state index in [2.05, 4.69) is 10.3 Å². The topological polar surface area (TPSA) is 51.2 Å². The van der Waals surface area contributed by atoms with E-state index in [1.807, 2.05) is 38.1 Å². The monoisotopic (exact) mass is 318 g/mol. The number of ether oxygens (including phenoxy) is 1. The molecule has 0 aliphatic rings. The average Bonchev–Trinajstić information content (AvgIpc) is 2.51. The molecule has 0 aliphatic carbocycles. The van der Waals surface area contributed by atoms with E-state index in [1.54, 1.807) is 19.3 Å². The SMILES string of the molecule is Cc1cc(OC(C)C(=O)NCc2cccnc2)cc(C)c1Cl. The van der Waals surface area contributed by atoms with Crippen LogP contribution < -0.4 is 10.1 Å². The molecular formula is C17H19ClN2O2. The maximum Gasteiger partial charge on any atom is 0.261 e. The molecule has 0 saturated carbocycles. The van der Waals surface area contributed by atoms with Crippen molar-refractivity contribution in [1.82, 2.24) is 10.3 Å². The molecule has 1 aromatic carbocycles. The van der Waals surface area contributed by atoms with Gasteiger partial charge in [-0.05, 0) is 55.7 Å². The minimum absolute atomic E-state index is 0.172. The van der Waals surface area contributed by atoms with Gasteiger partial charge in [0.2, 0.25) is 0 Å². The smallest absolute Gasteiger partial charge is 0.261 e. The van der Waals surface area contributed by atoms with Gasteiger partial charge in [-0.25, -0.2) is 0 Å². The first-order chi connectivity index (χ1) is 10.5. The molecule has 1 aromatic heterocycles. The molecule has 22 heavy (non-hydrogen) atoms. The lowest BCUT2D eigenvalue weighted by Crippen LogP contribution is -2.35. The van der Waals surface area contributed by atoms with Gasteiger partial charge in [0.05, 0.1) is 0 Å². The standard InChI is InChI=1S/C17H19ClN2O2/c1-11-7-15(8-12(2)16(11)18)22-13(3)17(21)20-10-14-5-4-6-19-9-14/h4-9,13H,10H2,1-3H3,(H,20,21). The van der Waals surface area contributed by atoms with Crippen molar-refractivity contribution in [3.63, 3.8) is 0 Å². The van der Waals surface area contributed by atoms with Crippen LogP contribution in [-0.2, 0) is 11.3 Å². The van der Waals surface area contributed by atoms with Crippen LogP contribution in [0, 0.1) is 13.8 Å². The number of nitrogens with zero attached hydrogens (tertiary/aromatic N) is 1. The molecule has 5 heteroatoms. The number of carbonyl (C=O) groups excluding carboxylic acids is 1. The summed E-state index contributed by atoms with van der Waals surface area (Å²) in [6.07, 6.45) is 2.83. The third kappa shape index (κ3) is 4.21. The second-order valence-corrected chi connectivity index (χ2v) is 5.59. The van der Waals surface area contributed by atoms with Gasteiger partial charge < -0.3 is 10.1 Å². The highest BCUT2D eigenvalue weighted by Crippen LogP contribution is 2.26. The van der Waals surface area contributed by atoms with Gasteiger partial charge in [-0.15, -0.1) is 0 Å². The van der Waals surface area contributed by atoms with E-state index in [-0.39, 0.29) is 5.91 Å². The van der Waals surface area contributed by atoms with Crippen LogP contribution in [0.25, 0.3) is 0 Å². The second kappa shape index (κ2) is 7.27. The predicted octanol–water partition coefficient (Wildman–Crippen LogP) is 3.44. The first-order valence-corrected chi connectivity index (χ1v) is 7.45. The van der Waals surface area contributed by atoms with Crippen molar-refractivity contribution < 1.29 is 9.53 Å². The van der Waals surface area contributed by atoms with E-state index in [9.17, 15) is 4.79 Å². The van der Waals surface area contributed by atoms with Crippen LogP contribution in [0.15, 0.2) is 36.7 Å². The number of aryl methyl sites for hydroxylation is 2. The largest absolute Gasteiger partial charge is 0.481 e. The molecule has 0 spiro atoms. The Bertz CT molecular complexity index is 636. The lowest BCUT2D eigenvalue weighted by molar-refractivity contribution is -0.127. The first kappa shape index (κ1) is 16.3. The summed E-state index contributed by atoms with van der Waals surface area (Å²) in [4.78, 5) is 16.1. The molecule has 1 heterocycles. The Labute approximate surface area is 135 Å². The fraction of sp³-hybridized carbons (Fsp3) is 0.294. The highest BCUT2D eigenvalue weighted by atomic mass is 35.5. The van der Waals surface area contributed by atoms with E-state index < -0.39 is 6.10 Å². The molecule has 116 valence electrons. The third-order valence-electron chi connectivity index (χ3n) is 3.28. The molecule has 0 radical (unpaired) electrons. The molecule has 4 nitrogen and oxygen atoms in total. The van der Waals surface area contributed by atoms with E-state index in [4.69, 9.17) is 16.3 Å². The Morgan fingerprint density at radius 3 is 2.64 bits per heavy atom. The molecule has 1 unspecified atom stereocenters. The van der Waals surface area contributed by atoms with Gasteiger partial charge in [0, 0.05) is 24.0 Å². The first-order valence-electron chi connectivity index (χ1n) is 7.07. The molecule has 1 N–H and O–H groups in total. The Morgan fingerprint density at radius 1 is 1.36 bits per heavy atom. The zero-order valence-corrected chi connectivity index (χ0v) is 13.6. The Hall–Kier alpha value is -2.07. The molecule has 0 fully saturated rings. The van der Waals surface area contributed by atoms with Gasteiger partial charge in [-0.2, -0.15) is 0 Å². The van der Waals surface area contributed by atoms with E-state index in [0.29, 0.717) is 12.3 Å². The normalized spacial score (nSPS) is 11.8. The number of aromatic nitrogens is 1. The lowest BCUT2D eigenvalue weighted by Gasteiger charge is -2.16. The van der Waals surface area contributed by atoms with Gasteiger partial charge in [-0.3, -0.25) is 9.78 Å². The van der Waals surface area contributed by atoms with Crippen molar-refractivity contribution >= 4 is 17.5 Å². The van der Waals surface area contributed by atoms with E-state index >= 15 is 0 Å². The fourth-order valence-corrected chi connectivity index (χ4v) is 2.18. The van der Waals surface area contributed by atoms with Crippen molar-refractivity contribution in [2.45, 2.75) is 33.4 Å². The Balaban J connectivity index is 1.94. The molecule has 1 amide bonds. The summed E-state index contributed by atoms with van der Waals surface area (Å²) in [6.45, 7) is 5.97. The summed E-state index contributed by atoms with van der Waals surface area (Å²) < 4.78 is 5.69. The van der Waals surface area contributed by atoms with Crippen molar-refractivity contribution in [3.8, 4) is 5.75 Å². The maximum absolute atomic E-state index is 12.1. The number of pyridine rings is 1. The highest BCUT2D eigenvalue weighted by Gasteiger charge is 2.15. The average molecular weight is 319 g/mol. The Morgan fingerprint density at radius 2 is 2.05 bits per heavy atom. The number of hydrogen-bond donors (Lipinski definition) is 1. The van der Waals surface area contributed by atoms with Gasteiger partial charge in [0.25, 0.3) is 5.91 Å². The number of benzene rings is 1. The molecule has 0 bridgehead atoms. The van der Waals surface area contributed by atoms with Crippen LogP contribution in [0.4, 0.5) is 0 Å². The summed E-state index contributed by atoms with van der Waals surface area (Å²) >= 11 is 6.13. The van der Waals surface area contributed by atoms with Crippen LogP contribution in [0.5, 0.6) is 5.75 Å². The summed E-state index contributed by atoms with van der Waals surface area (Å²) in [6, 6.07) is 7.41. The molecular weight excluding hydrogens is 300 g/mol. The molecule has 0 aliphatic heterocycles. The van der Waals surface area contributed by atoms with Gasteiger partial charge >= 0.3 is 0 Å². The van der Waals surface area contributed by atoms with Crippen molar-refractivity contribution in [1.29, 1.82) is 0 Å². The van der Waals surface area contributed by atoms with Crippen molar-refractivity contribution in [3.05, 3.63) is 58.4 Å². The lowest BCUT2D eigenvalue weighted by atomic mass is 10.1.